The predicted molar refractivity (Wildman–Crippen MR) is 166 cm³/mol. The highest BCUT2D eigenvalue weighted by molar-refractivity contribution is 5.78. The van der Waals surface area contributed by atoms with Crippen LogP contribution >= 0.6 is 0 Å². The van der Waals surface area contributed by atoms with E-state index in [2.05, 4.69) is 68.5 Å². The number of Topliss-reactive ketones (excluding diaryl/α,β-unsaturated/α-hetero) is 1. The van der Waals surface area contributed by atoms with Crippen LogP contribution in [0.3, 0.4) is 0 Å². The third-order valence-electron chi connectivity index (χ3n) is 9.35. The van der Waals surface area contributed by atoms with E-state index in [0.717, 1.165) is 63.5 Å². The van der Waals surface area contributed by atoms with Crippen molar-refractivity contribution in [1.29, 1.82) is 0 Å². The quantitative estimate of drug-likeness (QED) is 0.181. The number of carbonyl (C=O) groups is 1. The Morgan fingerprint density at radius 1 is 1.02 bits per heavy atom. The van der Waals surface area contributed by atoms with Crippen LogP contribution in [-0.4, -0.2) is 35.3 Å². The molecule has 7 atom stereocenters. The zero-order valence-corrected chi connectivity index (χ0v) is 25.4. The normalized spacial score (nSPS) is 24.1. The molecule has 0 aromatic carbocycles. The van der Waals surface area contributed by atoms with Crippen molar-refractivity contribution in [3.63, 3.8) is 0 Å². The number of aliphatic hydroxyl groups excluding tert-OH is 2. The molecule has 222 valence electrons. The summed E-state index contributed by atoms with van der Waals surface area (Å²) < 4.78 is 5.52. The fourth-order valence-electron chi connectivity index (χ4n) is 6.53. The molecule has 3 rings (SSSR count). The van der Waals surface area contributed by atoms with Crippen LogP contribution < -0.4 is 0 Å². The van der Waals surface area contributed by atoms with Crippen molar-refractivity contribution < 1.29 is 19.7 Å². The Morgan fingerprint density at radius 3 is 2.52 bits per heavy atom. The van der Waals surface area contributed by atoms with Gasteiger partial charge in [-0.3, -0.25) is 4.79 Å². The van der Waals surface area contributed by atoms with E-state index in [4.69, 9.17) is 4.74 Å². The molecule has 3 aliphatic rings. The summed E-state index contributed by atoms with van der Waals surface area (Å²) >= 11 is 0. The molecule has 0 aromatic heterocycles. The molecule has 7 unspecified atom stereocenters. The van der Waals surface area contributed by atoms with E-state index >= 15 is 0 Å². The van der Waals surface area contributed by atoms with E-state index in [0.29, 0.717) is 31.1 Å². The third kappa shape index (κ3) is 10.3. The first-order chi connectivity index (χ1) is 19.3. The number of aliphatic hydroxyl groups is 2. The second-order valence-electron chi connectivity index (χ2n) is 12.6. The molecule has 0 fully saturated rings. The van der Waals surface area contributed by atoms with Gasteiger partial charge in [0.05, 0.1) is 25.1 Å². The van der Waals surface area contributed by atoms with Crippen molar-refractivity contribution in [2.24, 2.45) is 29.6 Å². The lowest BCUT2D eigenvalue weighted by Gasteiger charge is -2.32. The molecule has 0 saturated heterocycles. The van der Waals surface area contributed by atoms with Crippen molar-refractivity contribution in [3.05, 3.63) is 71.6 Å². The number of methoxy groups -OCH3 is 1. The first-order valence-electron chi connectivity index (χ1n) is 15.8. The van der Waals surface area contributed by atoms with Gasteiger partial charge in [0.2, 0.25) is 0 Å². The van der Waals surface area contributed by atoms with Gasteiger partial charge in [0.25, 0.3) is 0 Å². The molecule has 0 aromatic rings. The number of hydrogen-bond acceptors (Lipinski definition) is 4. The molecular formula is C36H54O4. The standard InChI is InChI=1S/C36H54O4/c1-5-31-23-30(20-21-35(31)40-4)19-18-26(2)34(38)22-27(3)36(39)32(24-29-14-7-6-8-15-29)25-33(37)17-11-16-28-12-9-10-13-28/h6-10,12,14,20-21,26-27,29,31-32,34,36,38-39H,5,11,13,15-19,22-25H2,1-4H3. The van der Waals surface area contributed by atoms with Gasteiger partial charge in [0.1, 0.15) is 5.78 Å². The average Bonchev–Trinajstić information content (AvgIpc) is 3.49. The molecule has 0 aliphatic heterocycles. The zero-order valence-electron chi connectivity index (χ0n) is 25.4. The van der Waals surface area contributed by atoms with E-state index in [1.165, 1.54) is 11.1 Å². The maximum Gasteiger partial charge on any atom is 0.133 e. The number of hydrogen-bond donors (Lipinski definition) is 2. The topological polar surface area (TPSA) is 66.8 Å². The highest BCUT2D eigenvalue weighted by atomic mass is 16.5. The Labute approximate surface area is 243 Å². The molecule has 40 heavy (non-hydrogen) atoms. The summed E-state index contributed by atoms with van der Waals surface area (Å²) in [6, 6.07) is 0. The van der Waals surface area contributed by atoms with Crippen molar-refractivity contribution in [3.8, 4) is 0 Å². The van der Waals surface area contributed by atoms with Gasteiger partial charge < -0.3 is 14.9 Å². The minimum absolute atomic E-state index is 0.0707. The summed E-state index contributed by atoms with van der Waals surface area (Å²) in [5.41, 5.74) is 2.83. The molecule has 0 saturated carbocycles. The fraction of sp³-hybridized carbons (Fsp3) is 0.639. The Bertz CT molecular complexity index is 981. The Hall–Kier alpha value is -2.17. The lowest BCUT2D eigenvalue weighted by atomic mass is 9.77. The number of allylic oxidation sites excluding steroid dienone is 12. The lowest BCUT2D eigenvalue weighted by molar-refractivity contribution is -0.121. The molecule has 4 nitrogen and oxygen atoms in total. The summed E-state index contributed by atoms with van der Waals surface area (Å²) in [6.45, 7) is 6.37. The van der Waals surface area contributed by atoms with Crippen LogP contribution in [-0.2, 0) is 9.53 Å². The highest BCUT2D eigenvalue weighted by Crippen LogP contribution is 2.34. The van der Waals surface area contributed by atoms with Gasteiger partial charge in [-0.05, 0) is 94.0 Å². The maximum atomic E-state index is 13.0. The Morgan fingerprint density at radius 2 is 1.85 bits per heavy atom. The molecule has 0 amide bonds. The Kier molecular flexibility index (Phi) is 13.7. The van der Waals surface area contributed by atoms with Crippen molar-refractivity contribution in [1.82, 2.24) is 0 Å². The second-order valence-corrected chi connectivity index (χ2v) is 12.6. The summed E-state index contributed by atoms with van der Waals surface area (Å²) in [7, 11) is 1.75. The second kappa shape index (κ2) is 16.9. The van der Waals surface area contributed by atoms with Crippen molar-refractivity contribution in [2.75, 3.05) is 7.11 Å². The Balaban J connectivity index is 1.51. The van der Waals surface area contributed by atoms with Crippen LogP contribution in [0, 0.1) is 29.6 Å². The van der Waals surface area contributed by atoms with Gasteiger partial charge >= 0.3 is 0 Å². The number of carbonyl (C=O) groups excluding carboxylic acids is 1. The van der Waals surface area contributed by atoms with Gasteiger partial charge in [-0.2, -0.15) is 0 Å². The van der Waals surface area contributed by atoms with Gasteiger partial charge in [0.15, 0.2) is 0 Å². The molecule has 3 aliphatic carbocycles. The summed E-state index contributed by atoms with van der Waals surface area (Å²) in [4.78, 5) is 13.0. The third-order valence-corrected chi connectivity index (χ3v) is 9.35. The largest absolute Gasteiger partial charge is 0.501 e. The van der Waals surface area contributed by atoms with Crippen LogP contribution in [0.25, 0.3) is 0 Å². The van der Waals surface area contributed by atoms with E-state index in [1.54, 1.807) is 7.11 Å². The van der Waals surface area contributed by atoms with Crippen LogP contribution in [0.1, 0.15) is 97.8 Å². The zero-order chi connectivity index (χ0) is 28.9. The van der Waals surface area contributed by atoms with Gasteiger partial charge in [-0.1, -0.05) is 80.5 Å². The number of ether oxygens (including phenoxy) is 1. The number of rotatable bonds is 18. The summed E-state index contributed by atoms with van der Waals surface area (Å²) in [5, 5.41) is 22.6. The number of ketones is 1. The van der Waals surface area contributed by atoms with E-state index in [-0.39, 0.29) is 23.5 Å². The molecule has 0 spiro atoms. The van der Waals surface area contributed by atoms with Crippen molar-refractivity contribution in [2.45, 2.75) is 110 Å². The summed E-state index contributed by atoms with van der Waals surface area (Å²) in [6.07, 6.45) is 28.4. The van der Waals surface area contributed by atoms with Crippen LogP contribution in [0.15, 0.2) is 71.6 Å². The van der Waals surface area contributed by atoms with Gasteiger partial charge in [0, 0.05) is 18.8 Å². The fourth-order valence-corrected chi connectivity index (χ4v) is 6.53. The SMILES string of the molecule is CCC1CC(CCC(C)C(O)CC(C)C(O)C(CC(=O)CCCC2=CC=CC2)CC2C=CC=CC2)=CC=C1OC. The maximum absolute atomic E-state index is 13.0. The van der Waals surface area contributed by atoms with E-state index in [9.17, 15) is 15.0 Å². The minimum Gasteiger partial charge on any atom is -0.501 e. The van der Waals surface area contributed by atoms with Gasteiger partial charge in [-0.25, -0.2) is 0 Å². The van der Waals surface area contributed by atoms with Gasteiger partial charge in [-0.15, -0.1) is 0 Å². The first-order valence-corrected chi connectivity index (χ1v) is 15.8. The molecule has 2 N–H and O–H groups in total. The molecule has 0 heterocycles. The molecular weight excluding hydrogens is 496 g/mol. The van der Waals surface area contributed by atoms with Crippen LogP contribution in [0.5, 0.6) is 0 Å². The minimum atomic E-state index is -0.601. The first kappa shape index (κ1) is 32.3. The molecule has 4 heteroatoms. The molecule has 0 bridgehead atoms. The predicted octanol–water partition coefficient (Wildman–Crippen LogP) is 8.19. The van der Waals surface area contributed by atoms with Crippen LogP contribution in [0.2, 0.25) is 0 Å². The average molecular weight is 551 g/mol. The monoisotopic (exact) mass is 550 g/mol. The van der Waals surface area contributed by atoms with E-state index in [1.807, 2.05) is 6.92 Å². The smallest absolute Gasteiger partial charge is 0.133 e. The molecule has 0 radical (unpaired) electrons. The summed E-state index contributed by atoms with van der Waals surface area (Å²) in [5.74, 6) is 2.12. The lowest BCUT2D eigenvalue weighted by Crippen LogP contribution is -2.34. The van der Waals surface area contributed by atoms with Crippen LogP contribution in [0.4, 0.5) is 0 Å². The van der Waals surface area contributed by atoms with Crippen molar-refractivity contribution >= 4 is 5.78 Å². The van der Waals surface area contributed by atoms with E-state index < -0.39 is 12.2 Å². The highest BCUT2D eigenvalue weighted by Gasteiger charge is 2.31.